The number of aliphatic hydroxyl groups excluding tert-OH is 2. The third-order valence-electron chi connectivity index (χ3n) is 11.1. The summed E-state index contributed by atoms with van der Waals surface area (Å²) in [6, 6.07) is 30.3. The molecule has 0 aliphatic heterocycles. The maximum Gasteiger partial charge on any atom is 3.00 e. The van der Waals surface area contributed by atoms with Crippen LogP contribution in [-0.2, 0) is 11.0 Å². The van der Waals surface area contributed by atoms with Gasteiger partial charge in [-0.05, 0) is 155 Å². The fraction of sp³-hybridized carbons (Fsp3) is 0.156. The van der Waals surface area contributed by atoms with Crippen molar-refractivity contribution in [3.05, 3.63) is 250 Å². The van der Waals surface area contributed by atoms with Gasteiger partial charge in [-0.15, -0.1) is 0 Å². The molecule has 0 heterocycles. The number of ketones is 6. The van der Waals surface area contributed by atoms with Gasteiger partial charge in [-0.2, -0.15) is 79.0 Å². The summed E-state index contributed by atoms with van der Waals surface area (Å²) < 4.78 is 221. The van der Waals surface area contributed by atoms with Crippen molar-refractivity contribution in [2.45, 2.75) is 50.9 Å². The van der Waals surface area contributed by atoms with Gasteiger partial charge in [0.05, 0.1) is 0 Å². The predicted octanol–water partition coefficient (Wildman–Crippen LogP) is 8.15. The zero-order valence-electron chi connectivity index (χ0n) is 50.2. The number of alkyl halides is 18. The summed E-state index contributed by atoms with van der Waals surface area (Å²) in [5.41, 5.74) is -0.0492. The second kappa shape index (κ2) is 42.6. The SMILES string of the molecule is CCO.CCO.O=C(/C=C(\[O-])C(F)(F)F)c1cccc(-c2cccc(C(=O)/C=C(\[O-])C(F)(F)F)c2)c1.O=C(/C=C(\[O-])C(F)(F)F)c1cccc(-c2cccc(C(=O)/C=C(\[O-])C(F)(F)F)c2)c1.O=C(/C=C(\[O-])C(F)(F)F)c1cccc(-c2cccc(C(=O)/C=C(\[O-])C(F)(F)F)c2)c1.[Eu+3].[Eu+3].[OH3+].[OH3+]. The average Bonchev–Trinajstić information content (AvgIpc) is 0.836. The van der Waals surface area contributed by atoms with Gasteiger partial charge in [0, 0.05) is 46.6 Å². The smallest absolute Gasteiger partial charge is 0.869 e. The number of allylic oxidation sites excluding steroid dienone is 12. The molecule has 0 aliphatic rings. The van der Waals surface area contributed by atoms with Gasteiger partial charge in [-0.1, -0.05) is 109 Å². The van der Waals surface area contributed by atoms with Gasteiger partial charge >= 0.3 is 136 Å². The molecule has 6 rings (SSSR count). The first-order chi connectivity index (χ1) is 44.2. The van der Waals surface area contributed by atoms with E-state index in [2.05, 4.69) is 0 Å². The molecule has 0 atom stereocenters. The Hall–Kier alpha value is -7.67. The molecule has 0 unspecified atom stereocenters. The third kappa shape index (κ3) is 32.8. The number of carbonyl (C=O) groups excluding carboxylic acids is 6. The van der Waals surface area contributed by atoms with Crippen LogP contribution < -0.4 is 30.6 Å². The number of carbonyl (C=O) groups is 6. The van der Waals surface area contributed by atoms with E-state index in [1.807, 2.05) is 0 Å². The minimum absolute atomic E-state index is 0. The van der Waals surface area contributed by atoms with Crippen LogP contribution in [0.3, 0.4) is 0 Å². The molecule has 100 heavy (non-hydrogen) atoms. The van der Waals surface area contributed by atoms with Crippen LogP contribution in [0.25, 0.3) is 33.4 Å². The fourth-order valence-corrected chi connectivity index (χ4v) is 6.82. The van der Waals surface area contributed by atoms with Gasteiger partial charge in [0.1, 0.15) is 0 Å². The summed E-state index contributed by atoms with van der Waals surface area (Å²) in [6.45, 7) is 3.86. The van der Waals surface area contributed by atoms with Gasteiger partial charge in [0.25, 0.3) is 0 Å². The quantitative estimate of drug-likeness (QED) is 0.0322. The average molecular weight is 1720 g/mol. The molecule has 16 nitrogen and oxygen atoms in total. The monoisotopic (exact) mass is 1720 g/mol. The number of benzene rings is 6. The molecule has 36 heteroatoms. The van der Waals surface area contributed by atoms with Crippen molar-refractivity contribution >= 4 is 34.7 Å². The van der Waals surface area contributed by atoms with Crippen molar-refractivity contribution in [3.8, 4) is 33.4 Å². The first-order valence-electron chi connectivity index (χ1n) is 26.0. The summed E-state index contributed by atoms with van der Waals surface area (Å²) in [4.78, 5) is 71.4. The van der Waals surface area contributed by atoms with E-state index >= 15 is 0 Å². The zero-order valence-corrected chi connectivity index (χ0v) is 55.1. The number of hydrogen-bond acceptors (Lipinski definition) is 14. The fourth-order valence-electron chi connectivity index (χ4n) is 6.82. The topological polar surface area (TPSA) is 347 Å². The molecule has 0 aromatic heterocycles. The maximum absolute atomic E-state index is 12.3. The van der Waals surface area contributed by atoms with Crippen molar-refractivity contribution in [1.29, 1.82) is 0 Å². The molecule has 0 amide bonds. The Morgan fingerprint density at radius 3 is 0.470 bits per heavy atom. The minimum atomic E-state index is -5.20. The molecule has 0 radical (unpaired) electrons. The van der Waals surface area contributed by atoms with Crippen molar-refractivity contribution in [2.24, 2.45) is 0 Å². The normalized spacial score (nSPS) is 12.3. The third-order valence-corrected chi connectivity index (χ3v) is 11.1. The van der Waals surface area contributed by atoms with Crippen molar-refractivity contribution in [1.82, 2.24) is 0 Å². The van der Waals surface area contributed by atoms with E-state index in [1.165, 1.54) is 72.8 Å². The summed E-state index contributed by atoms with van der Waals surface area (Å²) in [5.74, 6) is -21.1. The van der Waals surface area contributed by atoms with E-state index < -0.39 is 106 Å². The van der Waals surface area contributed by atoms with Gasteiger partial charge in [0.2, 0.25) is 0 Å². The standard InChI is InChI=1S/3C20H12F6O4.2C2H6O.2Eu.2H2O/c3*21-19(22,23)17(29)9-15(27)13-5-1-3-11(7-13)12-4-2-6-14(8-12)16(28)10-18(30)20(24,25)26;2*1-2-3;;;;/h3*1-10,29-30H;2*3H,2H2,1H3;;;2*1H2/q;;;;;2*+3;;/p-4/b3*17-9-,18-10-;;;;;;. The number of hydrogen-bond donors (Lipinski definition) is 2. The Kier molecular flexibility index (Phi) is 41.1. The van der Waals surface area contributed by atoms with Crippen LogP contribution in [0, 0.1) is 98.8 Å². The Morgan fingerprint density at radius 2 is 0.380 bits per heavy atom. The maximum atomic E-state index is 12.3. The first kappa shape index (κ1) is 96.5. The Bertz CT molecular complexity index is 3310. The first-order valence-corrected chi connectivity index (χ1v) is 26.0. The van der Waals surface area contributed by atoms with E-state index in [-0.39, 0.29) is 226 Å². The van der Waals surface area contributed by atoms with E-state index in [4.69, 9.17) is 10.2 Å². The van der Waals surface area contributed by atoms with Crippen molar-refractivity contribution in [3.63, 3.8) is 0 Å². The van der Waals surface area contributed by atoms with Crippen LogP contribution in [0.4, 0.5) is 79.0 Å². The van der Waals surface area contributed by atoms with E-state index in [9.17, 15) is 138 Å². The second-order valence-corrected chi connectivity index (χ2v) is 18.3. The van der Waals surface area contributed by atoms with Crippen LogP contribution >= 0.6 is 0 Å². The molecule has 0 bridgehead atoms. The van der Waals surface area contributed by atoms with Crippen LogP contribution in [-0.4, -0.2) is 95.2 Å². The summed E-state index contributed by atoms with van der Waals surface area (Å²) in [6.07, 6.45) is -31.8. The largest absolute Gasteiger partial charge is 3.00 e. The van der Waals surface area contributed by atoms with Crippen LogP contribution in [0.5, 0.6) is 0 Å². The molecule has 6 aromatic carbocycles. The molecular formula is C64H48Eu2F18O16+2. The molecule has 0 saturated carbocycles. The van der Waals surface area contributed by atoms with Crippen LogP contribution in [0.15, 0.2) is 217 Å². The summed E-state index contributed by atoms with van der Waals surface area (Å²) >= 11 is 0. The summed E-state index contributed by atoms with van der Waals surface area (Å²) in [7, 11) is 0. The van der Waals surface area contributed by atoms with Crippen LogP contribution in [0.1, 0.15) is 76.0 Å². The van der Waals surface area contributed by atoms with Crippen molar-refractivity contribution < 1.29 is 258 Å². The molecule has 538 valence electrons. The number of halogens is 18. The minimum Gasteiger partial charge on any atom is -0.869 e. The molecule has 6 aromatic rings. The Morgan fingerprint density at radius 1 is 0.280 bits per heavy atom. The predicted molar refractivity (Wildman–Crippen MR) is 302 cm³/mol. The van der Waals surface area contributed by atoms with E-state index in [0.717, 1.165) is 72.8 Å². The van der Waals surface area contributed by atoms with E-state index in [0.29, 0.717) is 0 Å². The molecule has 0 saturated heterocycles. The molecule has 0 fully saturated rings. The van der Waals surface area contributed by atoms with Gasteiger partial charge < -0.3 is 51.8 Å². The number of aliphatic hydroxyl groups is 2. The molecule has 0 spiro atoms. The second-order valence-electron chi connectivity index (χ2n) is 18.3. The zero-order chi connectivity index (χ0) is 73.5. The Balaban J connectivity index is -0.00000133. The molecule has 0 aliphatic carbocycles. The van der Waals surface area contributed by atoms with Crippen molar-refractivity contribution in [2.75, 3.05) is 13.2 Å². The summed E-state index contributed by atoms with van der Waals surface area (Å²) in [5, 5.41) is 80.7. The van der Waals surface area contributed by atoms with Crippen LogP contribution in [0.2, 0.25) is 0 Å². The number of rotatable bonds is 15. The van der Waals surface area contributed by atoms with Gasteiger partial charge in [-0.3, -0.25) is 28.8 Å². The molecular weight excluding hydrogens is 1670 g/mol. The molecule has 8 N–H and O–H groups in total. The van der Waals surface area contributed by atoms with Gasteiger partial charge in [-0.25, -0.2) is 0 Å². The van der Waals surface area contributed by atoms with Gasteiger partial charge in [0.15, 0.2) is 34.7 Å². The van der Waals surface area contributed by atoms with E-state index in [1.54, 1.807) is 13.8 Å². The Labute approximate surface area is 634 Å².